The molecule has 0 bridgehead atoms. The van der Waals surface area contributed by atoms with Crippen LogP contribution in [0.2, 0.25) is 0 Å². The van der Waals surface area contributed by atoms with Crippen LogP contribution in [0.15, 0.2) is 54.6 Å². The average molecular weight is 436 g/mol. The monoisotopic (exact) mass is 436 g/mol. The summed E-state index contributed by atoms with van der Waals surface area (Å²) in [5.41, 5.74) is -0.143. The Bertz CT molecular complexity index is 890. The molecule has 0 saturated carbocycles. The molecule has 0 amide bonds. The molecule has 3 atom stereocenters. The van der Waals surface area contributed by atoms with E-state index in [1.54, 1.807) is 37.3 Å². The van der Waals surface area contributed by atoms with Gasteiger partial charge in [-0.1, -0.05) is 31.5 Å². The van der Waals surface area contributed by atoms with Crippen LogP contribution < -0.4 is 14.1 Å². The van der Waals surface area contributed by atoms with Crippen molar-refractivity contribution in [2.24, 2.45) is 0 Å². The van der Waals surface area contributed by atoms with Crippen LogP contribution in [-0.2, 0) is 14.1 Å². The number of hydrogen-bond acceptors (Lipinski definition) is 7. The largest absolute Gasteiger partial charge is 0.513 e. The number of para-hydroxylation sites is 1. The molecule has 10 heteroatoms. The highest BCUT2D eigenvalue weighted by Gasteiger charge is 2.34. The van der Waals surface area contributed by atoms with E-state index < -0.39 is 24.7 Å². The van der Waals surface area contributed by atoms with E-state index in [-0.39, 0.29) is 23.3 Å². The molecule has 0 aliphatic carbocycles. The van der Waals surface area contributed by atoms with Crippen molar-refractivity contribution in [1.29, 1.82) is 0 Å². The highest BCUT2D eigenvalue weighted by Crippen LogP contribution is 2.45. The summed E-state index contributed by atoms with van der Waals surface area (Å²) in [5.74, 6) is -0.261. The number of rotatable bonds is 11. The molecule has 0 spiro atoms. The lowest BCUT2D eigenvalue weighted by Gasteiger charge is -2.24. The Morgan fingerprint density at radius 3 is 2.17 bits per heavy atom. The fourth-order valence-corrected chi connectivity index (χ4v) is 4.04. The average Bonchev–Trinajstić information content (AvgIpc) is 2.69. The molecule has 0 saturated heterocycles. The van der Waals surface area contributed by atoms with Gasteiger partial charge >= 0.3 is 13.7 Å². The predicted octanol–water partition coefficient (Wildman–Crippen LogP) is 4.87. The van der Waals surface area contributed by atoms with E-state index in [1.807, 2.05) is 6.92 Å². The summed E-state index contributed by atoms with van der Waals surface area (Å²) in [6.45, 7) is 5.24. The number of non-ortho nitro benzene ring substituents is 1. The van der Waals surface area contributed by atoms with Gasteiger partial charge in [-0.3, -0.25) is 14.9 Å². The first-order valence-electron chi connectivity index (χ1n) is 9.49. The number of nitrogens with one attached hydrogen (secondary N) is 1. The van der Waals surface area contributed by atoms with Gasteiger partial charge in [-0.2, -0.15) is 5.09 Å². The zero-order valence-electron chi connectivity index (χ0n) is 17.0. The Morgan fingerprint density at radius 2 is 1.63 bits per heavy atom. The number of nitro benzene ring substituents is 1. The van der Waals surface area contributed by atoms with Crippen LogP contribution >= 0.6 is 7.75 Å². The van der Waals surface area contributed by atoms with Gasteiger partial charge in [0.25, 0.3) is 5.69 Å². The standard InChI is InChI=1S/C20H25N2O7P/c1-4-8-15(2)27-20(23)16(3)21-30(26,28-18-9-6-5-7-10-18)29-19-13-11-17(12-14-19)22(24)25/h5-7,9-16H,4,8H2,1-3H3,(H,21,26)/t15-,16?,30?/m0/s1. The van der Waals surface area contributed by atoms with Crippen molar-refractivity contribution in [1.82, 2.24) is 5.09 Å². The van der Waals surface area contributed by atoms with Gasteiger partial charge < -0.3 is 13.8 Å². The predicted molar refractivity (Wildman–Crippen MR) is 111 cm³/mol. The molecule has 2 rings (SSSR count). The quantitative estimate of drug-likeness (QED) is 0.229. The van der Waals surface area contributed by atoms with E-state index in [2.05, 4.69) is 5.09 Å². The van der Waals surface area contributed by atoms with Gasteiger partial charge in [0.15, 0.2) is 0 Å². The zero-order chi connectivity index (χ0) is 22.1. The minimum absolute atomic E-state index is 0.0762. The topological polar surface area (TPSA) is 117 Å². The van der Waals surface area contributed by atoms with Crippen LogP contribution in [0.4, 0.5) is 5.69 Å². The lowest BCUT2D eigenvalue weighted by atomic mass is 10.2. The highest BCUT2D eigenvalue weighted by molar-refractivity contribution is 7.52. The molecule has 0 radical (unpaired) electrons. The summed E-state index contributed by atoms with van der Waals surface area (Å²) in [5, 5.41) is 13.4. The maximum Gasteiger partial charge on any atom is 0.513 e. The molecule has 2 aromatic carbocycles. The van der Waals surface area contributed by atoms with Crippen molar-refractivity contribution < 1.29 is 28.1 Å². The summed E-state index contributed by atoms with van der Waals surface area (Å²) >= 11 is 0. The number of hydrogen-bond donors (Lipinski definition) is 1. The number of benzene rings is 2. The highest BCUT2D eigenvalue weighted by atomic mass is 31.2. The molecule has 2 aromatic rings. The van der Waals surface area contributed by atoms with Crippen molar-refractivity contribution in [3.63, 3.8) is 0 Å². The van der Waals surface area contributed by atoms with Crippen LogP contribution in [-0.4, -0.2) is 23.0 Å². The third kappa shape index (κ3) is 7.17. The fourth-order valence-electron chi connectivity index (χ4n) is 2.51. The second-order valence-corrected chi connectivity index (χ2v) is 8.25. The van der Waals surface area contributed by atoms with Crippen LogP contribution in [0.1, 0.15) is 33.6 Å². The molecule has 2 unspecified atom stereocenters. The zero-order valence-corrected chi connectivity index (χ0v) is 17.9. The lowest BCUT2D eigenvalue weighted by Crippen LogP contribution is -2.37. The van der Waals surface area contributed by atoms with E-state index >= 15 is 0 Å². The molecule has 30 heavy (non-hydrogen) atoms. The Morgan fingerprint density at radius 1 is 1.07 bits per heavy atom. The number of nitrogens with zero attached hydrogens (tertiary/aromatic N) is 1. The van der Waals surface area contributed by atoms with Gasteiger partial charge in [-0.15, -0.1) is 0 Å². The molecule has 9 nitrogen and oxygen atoms in total. The number of carbonyl (C=O) groups excluding carboxylic acids is 1. The lowest BCUT2D eigenvalue weighted by molar-refractivity contribution is -0.384. The number of carbonyl (C=O) groups is 1. The van der Waals surface area contributed by atoms with Crippen molar-refractivity contribution >= 4 is 19.4 Å². The van der Waals surface area contributed by atoms with E-state index in [0.29, 0.717) is 6.42 Å². The summed E-state index contributed by atoms with van der Waals surface area (Å²) in [7, 11) is -4.09. The maximum absolute atomic E-state index is 13.4. The molecule has 162 valence electrons. The molecular formula is C20H25N2O7P. The van der Waals surface area contributed by atoms with Crippen LogP contribution in [0, 0.1) is 10.1 Å². The van der Waals surface area contributed by atoms with Gasteiger partial charge in [0.1, 0.15) is 17.5 Å². The van der Waals surface area contributed by atoms with Gasteiger partial charge in [-0.25, -0.2) is 4.57 Å². The van der Waals surface area contributed by atoms with Crippen molar-refractivity contribution in [2.45, 2.75) is 45.8 Å². The molecule has 0 heterocycles. The minimum Gasteiger partial charge on any atom is -0.462 e. The van der Waals surface area contributed by atoms with E-state index in [9.17, 15) is 19.5 Å². The van der Waals surface area contributed by atoms with Crippen LogP contribution in [0.5, 0.6) is 11.5 Å². The maximum atomic E-state index is 13.4. The van der Waals surface area contributed by atoms with Crippen LogP contribution in [0.25, 0.3) is 0 Å². The smallest absolute Gasteiger partial charge is 0.462 e. The van der Waals surface area contributed by atoms with Crippen LogP contribution in [0.3, 0.4) is 0 Å². The SMILES string of the molecule is CCC[C@H](C)OC(=O)C(C)NP(=O)(Oc1ccccc1)Oc1ccc([N+](=O)[O-])cc1. The number of nitro groups is 1. The summed E-state index contributed by atoms with van der Waals surface area (Å²) in [4.78, 5) is 22.6. The molecule has 0 fully saturated rings. The normalized spacial score (nSPS) is 14.8. The number of ether oxygens (including phenoxy) is 1. The summed E-state index contributed by atoms with van der Waals surface area (Å²) in [6, 6.07) is 12.3. The van der Waals surface area contributed by atoms with E-state index in [4.69, 9.17) is 13.8 Å². The first kappa shape index (κ1) is 23.4. The fraction of sp³-hybridized carbons (Fsp3) is 0.350. The first-order valence-corrected chi connectivity index (χ1v) is 11.0. The third-order valence-electron chi connectivity index (χ3n) is 3.96. The molecular weight excluding hydrogens is 411 g/mol. The van der Waals surface area contributed by atoms with Gasteiger partial charge in [-0.05, 0) is 44.5 Å². The van der Waals surface area contributed by atoms with Crippen molar-refractivity contribution in [3.8, 4) is 11.5 Å². The molecule has 0 aromatic heterocycles. The molecule has 1 N–H and O–H groups in total. The number of esters is 1. The van der Waals surface area contributed by atoms with Gasteiger partial charge in [0, 0.05) is 12.1 Å². The molecule has 0 aliphatic heterocycles. The summed E-state index contributed by atoms with van der Waals surface area (Å²) in [6.07, 6.45) is 1.28. The minimum atomic E-state index is -4.09. The first-order chi connectivity index (χ1) is 14.2. The third-order valence-corrected chi connectivity index (χ3v) is 5.57. The Balaban J connectivity index is 2.19. The second kappa shape index (κ2) is 10.8. The molecule has 0 aliphatic rings. The van der Waals surface area contributed by atoms with E-state index in [0.717, 1.165) is 6.42 Å². The van der Waals surface area contributed by atoms with Crippen molar-refractivity contribution in [2.75, 3.05) is 0 Å². The van der Waals surface area contributed by atoms with Gasteiger partial charge in [0.2, 0.25) is 0 Å². The van der Waals surface area contributed by atoms with Gasteiger partial charge in [0.05, 0.1) is 11.0 Å². The Kier molecular flexibility index (Phi) is 8.38. The van der Waals surface area contributed by atoms with Crippen molar-refractivity contribution in [3.05, 3.63) is 64.7 Å². The Labute approximate surface area is 175 Å². The summed E-state index contributed by atoms with van der Waals surface area (Å²) < 4.78 is 29.8. The van der Waals surface area contributed by atoms with E-state index in [1.165, 1.54) is 31.2 Å². The Hall–Kier alpha value is -2.90. The second-order valence-electron chi connectivity index (χ2n) is 6.63.